The van der Waals surface area contributed by atoms with Crippen molar-refractivity contribution in [2.24, 2.45) is 0 Å². The topological polar surface area (TPSA) is 61.9 Å². The number of hydrogen-bond donors (Lipinski definition) is 1. The highest BCUT2D eigenvalue weighted by Gasteiger charge is 2.46. The van der Waals surface area contributed by atoms with E-state index in [1.165, 1.54) is 4.90 Å². The molecule has 0 radical (unpaired) electrons. The molecule has 3 aliphatic rings. The lowest BCUT2D eigenvalue weighted by Crippen LogP contribution is -2.33. The molecule has 6 heteroatoms. The molecule has 0 aliphatic carbocycles. The van der Waals surface area contributed by atoms with Gasteiger partial charge in [0.1, 0.15) is 17.9 Å². The molecule has 3 amide bonds. The van der Waals surface area contributed by atoms with Crippen LogP contribution in [-0.4, -0.2) is 60.1 Å². The van der Waals surface area contributed by atoms with Gasteiger partial charge in [-0.05, 0) is 37.3 Å². The van der Waals surface area contributed by atoms with Crippen LogP contribution in [0.25, 0.3) is 0 Å². The number of rotatable bonds is 8. The first kappa shape index (κ1) is 18.5. The SMILES string of the molecule is C=CC1=C(C=C)OC(CNC/C=C/CN2C(=O)C3CCCN3C2=O)CC1. The van der Waals surface area contributed by atoms with Crippen LogP contribution < -0.4 is 5.32 Å². The van der Waals surface area contributed by atoms with E-state index in [0.717, 1.165) is 43.6 Å². The van der Waals surface area contributed by atoms with Crippen molar-refractivity contribution in [1.82, 2.24) is 15.1 Å². The Bertz CT molecular complexity index is 631. The van der Waals surface area contributed by atoms with E-state index in [4.69, 9.17) is 4.74 Å². The molecule has 26 heavy (non-hydrogen) atoms. The molecule has 0 spiro atoms. The Morgan fingerprint density at radius 1 is 1.19 bits per heavy atom. The number of amides is 3. The van der Waals surface area contributed by atoms with E-state index >= 15 is 0 Å². The monoisotopic (exact) mass is 357 g/mol. The molecule has 3 rings (SSSR count). The van der Waals surface area contributed by atoms with E-state index in [2.05, 4.69) is 18.5 Å². The molecule has 3 heterocycles. The summed E-state index contributed by atoms with van der Waals surface area (Å²) in [6, 6.07) is -0.363. The second kappa shape index (κ2) is 8.36. The van der Waals surface area contributed by atoms with Gasteiger partial charge in [0.15, 0.2) is 0 Å². The van der Waals surface area contributed by atoms with Crippen LogP contribution in [-0.2, 0) is 9.53 Å². The number of carbonyl (C=O) groups excluding carboxylic acids is 2. The Morgan fingerprint density at radius 3 is 2.77 bits per heavy atom. The molecule has 3 aliphatic heterocycles. The van der Waals surface area contributed by atoms with Crippen LogP contribution in [0.5, 0.6) is 0 Å². The van der Waals surface area contributed by atoms with Crippen molar-refractivity contribution in [3.8, 4) is 0 Å². The maximum Gasteiger partial charge on any atom is 0.327 e. The minimum absolute atomic E-state index is 0.0533. The summed E-state index contributed by atoms with van der Waals surface area (Å²) in [5.74, 6) is 0.766. The van der Waals surface area contributed by atoms with Crippen molar-refractivity contribution in [1.29, 1.82) is 0 Å². The minimum atomic E-state index is -0.218. The Labute approximate surface area is 154 Å². The van der Waals surface area contributed by atoms with Crippen molar-refractivity contribution in [3.05, 3.63) is 48.8 Å². The molecule has 6 nitrogen and oxygen atoms in total. The number of nitrogens with zero attached hydrogens (tertiary/aromatic N) is 2. The smallest absolute Gasteiger partial charge is 0.327 e. The fourth-order valence-corrected chi connectivity index (χ4v) is 3.72. The predicted molar refractivity (Wildman–Crippen MR) is 100 cm³/mol. The number of hydrogen-bond acceptors (Lipinski definition) is 4. The number of carbonyl (C=O) groups is 2. The highest BCUT2D eigenvalue weighted by Crippen LogP contribution is 2.27. The van der Waals surface area contributed by atoms with Crippen LogP contribution in [0, 0.1) is 0 Å². The van der Waals surface area contributed by atoms with Crippen LogP contribution >= 0.6 is 0 Å². The number of nitrogens with one attached hydrogen (secondary N) is 1. The molecule has 2 fully saturated rings. The summed E-state index contributed by atoms with van der Waals surface area (Å²) in [6.45, 7) is 10.0. The summed E-state index contributed by atoms with van der Waals surface area (Å²) in [6.07, 6.45) is 11.1. The molecule has 2 saturated heterocycles. The van der Waals surface area contributed by atoms with Gasteiger partial charge in [-0.25, -0.2) is 4.79 Å². The zero-order chi connectivity index (χ0) is 18.5. The van der Waals surface area contributed by atoms with Gasteiger partial charge < -0.3 is 15.0 Å². The molecule has 140 valence electrons. The number of urea groups is 1. The Hall–Kier alpha value is -2.34. The van der Waals surface area contributed by atoms with Crippen molar-refractivity contribution in [3.63, 3.8) is 0 Å². The van der Waals surface area contributed by atoms with Gasteiger partial charge in [0, 0.05) is 26.2 Å². The van der Waals surface area contributed by atoms with E-state index in [-0.39, 0.29) is 24.1 Å². The van der Waals surface area contributed by atoms with Crippen LogP contribution in [0.2, 0.25) is 0 Å². The fraction of sp³-hybridized carbons (Fsp3) is 0.500. The van der Waals surface area contributed by atoms with Gasteiger partial charge in [-0.15, -0.1) is 0 Å². The van der Waals surface area contributed by atoms with Crippen molar-refractivity contribution >= 4 is 11.9 Å². The Balaban J connectivity index is 1.37. The van der Waals surface area contributed by atoms with Gasteiger partial charge in [0.05, 0.1) is 0 Å². The molecule has 2 unspecified atom stereocenters. The second-order valence-electron chi connectivity index (χ2n) is 6.79. The summed E-state index contributed by atoms with van der Waals surface area (Å²) in [5.41, 5.74) is 1.11. The highest BCUT2D eigenvalue weighted by atomic mass is 16.5. The maximum atomic E-state index is 12.2. The van der Waals surface area contributed by atoms with Crippen LogP contribution in [0.15, 0.2) is 48.8 Å². The lowest BCUT2D eigenvalue weighted by molar-refractivity contribution is -0.127. The molecular weight excluding hydrogens is 330 g/mol. The fourth-order valence-electron chi connectivity index (χ4n) is 3.72. The van der Waals surface area contributed by atoms with E-state index in [0.29, 0.717) is 19.6 Å². The van der Waals surface area contributed by atoms with E-state index in [9.17, 15) is 9.59 Å². The Kier molecular flexibility index (Phi) is 5.93. The number of imide groups is 1. The average molecular weight is 357 g/mol. The predicted octanol–water partition coefficient (Wildman–Crippen LogP) is 2.36. The highest BCUT2D eigenvalue weighted by molar-refractivity contribution is 6.04. The lowest BCUT2D eigenvalue weighted by atomic mass is 10.0. The maximum absolute atomic E-state index is 12.2. The van der Waals surface area contributed by atoms with Crippen molar-refractivity contribution in [2.75, 3.05) is 26.2 Å². The Morgan fingerprint density at radius 2 is 2.04 bits per heavy atom. The molecule has 0 aromatic rings. The summed E-state index contributed by atoms with van der Waals surface area (Å²) < 4.78 is 5.90. The summed E-state index contributed by atoms with van der Waals surface area (Å²) in [4.78, 5) is 27.4. The summed E-state index contributed by atoms with van der Waals surface area (Å²) in [5, 5.41) is 3.33. The number of allylic oxidation sites excluding steroid dienone is 3. The minimum Gasteiger partial charge on any atom is -0.489 e. The zero-order valence-electron chi connectivity index (χ0n) is 15.2. The largest absolute Gasteiger partial charge is 0.489 e. The number of fused-ring (bicyclic) bond motifs is 1. The third-order valence-electron chi connectivity index (χ3n) is 5.15. The van der Waals surface area contributed by atoms with Gasteiger partial charge in [-0.2, -0.15) is 0 Å². The van der Waals surface area contributed by atoms with Crippen LogP contribution in [0.1, 0.15) is 25.7 Å². The van der Waals surface area contributed by atoms with Crippen LogP contribution in [0.4, 0.5) is 4.79 Å². The van der Waals surface area contributed by atoms with E-state index in [1.807, 2.05) is 18.2 Å². The zero-order valence-corrected chi connectivity index (χ0v) is 15.2. The van der Waals surface area contributed by atoms with Gasteiger partial charge in [-0.1, -0.05) is 31.4 Å². The average Bonchev–Trinajstić information content (AvgIpc) is 3.23. The van der Waals surface area contributed by atoms with Crippen molar-refractivity contribution in [2.45, 2.75) is 37.8 Å². The number of ether oxygens (including phenoxy) is 1. The first-order chi connectivity index (χ1) is 12.7. The quantitative estimate of drug-likeness (QED) is 0.412. The molecule has 2 atom stereocenters. The van der Waals surface area contributed by atoms with E-state index in [1.54, 1.807) is 11.0 Å². The third kappa shape index (κ3) is 3.75. The van der Waals surface area contributed by atoms with E-state index < -0.39 is 0 Å². The van der Waals surface area contributed by atoms with Crippen molar-refractivity contribution < 1.29 is 14.3 Å². The standard InChI is InChI=1S/C20H27N3O3/c1-3-15-9-10-16(26-18(15)4-2)14-21-11-5-6-12-23-19(24)17-8-7-13-22(17)20(23)25/h3-6,16-17,21H,1-2,7-14H2/b6-5+. The van der Waals surface area contributed by atoms with Crippen LogP contribution in [0.3, 0.4) is 0 Å². The third-order valence-corrected chi connectivity index (χ3v) is 5.15. The first-order valence-corrected chi connectivity index (χ1v) is 9.28. The molecule has 0 aromatic carbocycles. The van der Waals surface area contributed by atoms with Gasteiger partial charge >= 0.3 is 6.03 Å². The lowest BCUT2D eigenvalue weighted by Gasteiger charge is -2.26. The summed E-state index contributed by atoms with van der Waals surface area (Å²) in [7, 11) is 0. The van der Waals surface area contributed by atoms with Gasteiger partial charge in [0.2, 0.25) is 0 Å². The molecular formula is C20H27N3O3. The summed E-state index contributed by atoms with van der Waals surface area (Å²) >= 11 is 0. The van der Waals surface area contributed by atoms with Gasteiger partial charge in [-0.3, -0.25) is 9.69 Å². The molecule has 0 aromatic heterocycles. The second-order valence-corrected chi connectivity index (χ2v) is 6.79. The van der Waals surface area contributed by atoms with Gasteiger partial charge in [0.25, 0.3) is 5.91 Å². The first-order valence-electron chi connectivity index (χ1n) is 9.28. The molecule has 1 N–H and O–H groups in total. The normalized spacial score (nSPS) is 25.8. The molecule has 0 saturated carbocycles. The molecule has 0 bridgehead atoms.